The smallest absolute Gasteiger partial charge is 0.330 e. The molecule has 5 atom stereocenters. The summed E-state index contributed by atoms with van der Waals surface area (Å²) in [5.41, 5.74) is -0.548. The van der Waals surface area contributed by atoms with Crippen molar-refractivity contribution in [2.75, 3.05) is 27.2 Å². The third-order valence-corrected chi connectivity index (χ3v) is 4.36. The van der Waals surface area contributed by atoms with Gasteiger partial charge in [0.1, 0.15) is 6.10 Å². The Morgan fingerprint density at radius 1 is 1.46 bits per heavy atom. The number of rotatable bonds is 6. The highest BCUT2D eigenvalue weighted by atomic mass is 16.6. The maximum Gasteiger partial charge on any atom is 0.330 e. The molecule has 2 rings (SSSR count). The lowest BCUT2D eigenvalue weighted by atomic mass is 9.97. The Balaban J connectivity index is 2.31. The van der Waals surface area contributed by atoms with Crippen molar-refractivity contribution in [1.82, 2.24) is 14.5 Å². The van der Waals surface area contributed by atoms with E-state index >= 15 is 0 Å². The first-order valence-corrected chi connectivity index (χ1v) is 8.14. The summed E-state index contributed by atoms with van der Waals surface area (Å²) in [6, 6.07) is 0. The van der Waals surface area contributed by atoms with Gasteiger partial charge in [-0.05, 0) is 27.9 Å². The molecular formula is C16H27N3O5. The van der Waals surface area contributed by atoms with Gasteiger partial charge >= 0.3 is 5.69 Å². The van der Waals surface area contributed by atoms with Gasteiger partial charge in [-0.1, -0.05) is 6.92 Å². The molecule has 1 aliphatic heterocycles. The molecule has 8 nitrogen and oxygen atoms in total. The van der Waals surface area contributed by atoms with Crippen LogP contribution in [0, 0.1) is 12.8 Å². The minimum atomic E-state index is -0.690. The summed E-state index contributed by atoms with van der Waals surface area (Å²) in [5, 5.41) is 9.95. The third kappa shape index (κ3) is 3.94. The van der Waals surface area contributed by atoms with Gasteiger partial charge in [0.25, 0.3) is 5.56 Å². The molecule has 2 heterocycles. The van der Waals surface area contributed by atoms with Crippen molar-refractivity contribution in [3.63, 3.8) is 0 Å². The van der Waals surface area contributed by atoms with Gasteiger partial charge in [-0.3, -0.25) is 14.3 Å². The number of aliphatic hydroxyl groups is 1. The van der Waals surface area contributed by atoms with E-state index in [1.54, 1.807) is 13.8 Å². The van der Waals surface area contributed by atoms with Crippen molar-refractivity contribution in [3.05, 3.63) is 32.6 Å². The fourth-order valence-corrected chi connectivity index (χ4v) is 2.97. The molecule has 1 aromatic rings. The van der Waals surface area contributed by atoms with E-state index in [9.17, 15) is 14.7 Å². The summed E-state index contributed by atoms with van der Waals surface area (Å²) in [7, 11) is 3.90. The first-order chi connectivity index (χ1) is 11.2. The van der Waals surface area contributed by atoms with Crippen LogP contribution in [0.3, 0.4) is 0 Å². The highest BCUT2D eigenvalue weighted by Gasteiger charge is 2.46. The molecule has 0 amide bonds. The van der Waals surface area contributed by atoms with Crippen LogP contribution in [0.5, 0.6) is 0 Å². The molecule has 2 N–H and O–H groups in total. The van der Waals surface area contributed by atoms with E-state index in [0.29, 0.717) is 12.2 Å². The Kier molecular flexibility index (Phi) is 5.97. The van der Waals surface area contributed by atoms with Gasteiger partial charge in [0.2, 0.25) is 0 Å². The lowest BCUT2D eigenvalue weighted by molar-refractivity contribution is -0.0872. The SMILES string of the molecule is Cc1cn([C@@H]2O[C@H]([C@H](C)O)C(C)C2OCCN(C)C)c(=O)[nH]c1=O. The zero-order chi connectivity index (χ0) is 18.0. The first kappa shape index (κ1) is 18.9. The molecule has 1 aliphatic rings. The van der Waals surface area contributed by atoms with E-state index in [1.807, 2.05) is 25.9 Å². The molecule has 8 heteroatoms. The van der Waals surface area contributed by atoms with E-state index < -0.39 is 35.8 Å². The average Bonchev–Trinajstić information content (AvgIpc) is 2.80. The van der Waals surface area contributed by atoms with E-state index in [-0.39, 0.29) is 5.92 Å². The summed E-state index contributed by atoms with van der Waals surface area (Å²) in [6.45, 7) is 6.42. The molecule has 1 aromatic heterocycles. The van der Waals surface area contributed by atoms with Crippen molar-refractivity contribution in [2.24, 2.45) is 5.92 Å². The number of aryl methyl sites for hydroxylation is 1. The van der Waals surface area contributed by atoms with E-state index in [0.717, 1.165) is 6.54 Å². The standard InChI is InChI=1S/C16H27N3O5/c1-9-8-19(16(22)17-14(9)21)15-13(23-7-6-18(4)5)10(2)12(24-15)11(3)20/h8,10-13,15,20H,6-7H2,1-5H3,(H,17,21,22)/t10?,11-,12-,13?,15+/m0/s1. The largest absolute Gasteiger partial charge is 0.391 e. The van der Waals surface area contributed by atoms with Gasteiger partial charge < -0.3 is 19.5 Å². The van der Waals surface area contributed by atoms with Crippen LogP contribution < -0.4 is 11.2 Å². The summed E-state index contributed by atoms with van der Waals surface area (Å²) < 4.78 is 13.2. The number of ether oxygens (including phenoxy) is 2. The number of aromatic amines is 1. The minimum Gasteiger partial charge on any atom is -0.391 e. The monoisotopic (exact) mass is 341 g/mol. The van der Waals surface area contributed by atoms with Crippen LogP contribution in [-0.4, -0.2) is 65.1 Å². The van der Waals surface area contributed by atoms with Crippen LogP contribution in [0.15, 0.2) is 15.8 Å². The number of hydrogen-bond donors (Lipinski definition) is 2. The molecule has 1 fully saturated rings. The molecule has 2 unspecified atom stereocenters. The van der Waals surface area contributed by atoms with E-state index in [2.05, 4.69) is 4.98 Å². The van der Waals surface area contributed by atoms with Crippen molar-refractivity contribution < 1.29 is 14.6 Å². The Labute approximate surface area is 141 Å². The van der Waals surface area contributed by atoms with Crippen LogP contribution in [0.2, 0.25) is 0 Å². The normalized spacial score (nSPS) is 28.5. The summed E-state index contributed by atoms with van der Waals surface area (Å²) >= 11 is 0. The zero-order valence-electron chi connectivity index (χ0n) is 14.9. The second kappa shape index (κ2) is 7.60. The molecule has 0 radical (unpaired) electrons. The van der Waals surface area contributed by atoms with Crippen molar-refractivity contribution in [2.45, 2.75) is 45.3 Å². The highest BCUT2D eigenvalue weighted by molar-refractivity contribution is 5.03. The second-order valence-electron chi connectivity index (χ2n) is 6.71. The predicted octanol–water partition coefficient (Wildman–Crippen LogP) is -0.294. The van der Waals surface area contributed by atoms with E-state index in [4.69, 9.17) is 9.47 Å². The Morgan fingerprint density at radius 3 is 2.71 bits per heavy atom. The molecular weight excluding hydrogens is 314 g/mol. The Morgan fingerprint density at radius 2 is 2.12 bits per heavy atom. The number of H-pyrrole nitrogens is 1. The summed E-state index contributed by atoms with van der Waals surface area (Å²) in [5.74, 6) is -0.101. The second-order valence-corrected chi connectivity index (χ2v) is 6.71. The number of nitrogens with one attached hydrogen (secondary N) is 1. The highest BCUT2D eigenvalue weighted by Crippen LogP contribution is 2.36. The average molecular weight is 341 g/mol. The zero-order valence-corrected chi connectivity index (χ0v) is 14.9. The van der Waals surface area contributed by atoms with E-state index in [1.165, 1.54) is 10.8 Å². The maximum absolute atomic E-state index is 12.2. The Bertz CT molecular complexity index is 666. The van der Waals surface area contributed by atoms with Gasteiger partial charge in [-0.25, -0.2) is 4.79 Å². The fourth-order valence-electron chi connectivity index (χ4n) is 2.97. The van der Waals surface area contributed by atoms with Crippen LogP contribution >= 0.6 is 0 Å². The fraction of sp³-hybridized carbons (Fsp3) is 0.750. The summed E-state index contributed by atoms with van der Waals surface area (Å²) in [6.07, 6.45) is -0.744. The number of hydrogen-bond acceptors (Lipinski definition) is 6. The van der Waals surface area contributed by atoms with Crippen molar-refractivity contribution >= 4 is 0 Å². The minimum absolute atomic E-state index is 0.101. The van der Waals surface area contributed by atoms with Gasteiger partial charge in [0.15, 0.2) is 6.23 Å². The van der Waals surface area contributed by atoms with Gasteiger partial charge in [0, 0.05) is 24.2 Å². The maximum atomic E-state index is 12.2. The number of likely N-dealkylation sites (N-methyl/N-ethyl adjacent to an activating group) is 1. The lowest BCUT2D eigenvalue weighted by Gasteiger charge is -2.24. The van der Waals surface area contributed by atoms with Gasteiger partial charge in [-0.2, -0.15) is 0 Å². The molecule has 0 aromatic carbocycles. The number of aromatic nitrogens is 2. The molecule has 136 valence electrons. The third-order valence-electron chi connectivity index (χ3n) is 4.36. The van der Waals surface area contributed by atoms with Gasteiger partial charge in [-0.15, -0.1) is 0 Å². The van der Waals surface area contributed by atoms with Crippen LogP contribution in [0.25, 0.3) is 0 Å². The van der Waals surface area contributed by atoms with Crippen LogP contribution in [0.4, 0.5) is 0 Å². The number of aliphatic hydroxyl groups excluding tert-OH is 1. The van der Waals surface area contributed by atoms with Crippen molar-refractivity contribution in [3.8, 4) is 0 Å². The summed E-state index contributed by atoms with van der Waals surface area (Å²) in [4.78, 5) is 28.1. The molecule has 0 bridgehead atoms. The quantitative estimate of drug-likeness (QED) is 0.738. The molecule has 0 spiro atoms. The molecule has 24 heavy (non-hydrogen) atoms. The van der Waals surface area contributed by atoms with Gasteiger partial charge in [0.05, 0.1) is 18.8 Å². The van der Waals surface area contributed by atoms with Crippen molar-refractivity contribution in [1.29, 1.82) is 0 Å². The molecule has 1 saturated heterocycles. The van der Waals surface area contributed by atoms with Crippen LogP contribution in [0.1, 0.15) is 25.6 Å². The molecule has 0 saturated carbocycles. The van der Waals surface area contributed by atoms with Crippen LogP contribution in [-0.2, 0) is 9.47 Å². The topological polar surface area (TPSA) is 96.8 Å². The lowest BCUT2D eigenvalue weighted by Crippen LogP contribution is -2.38. The first-order valence-electron chi connectivity index (χ1n) is 8.14. The molecule has 0 aliphatic carbocycles. The predicted molar refractivity (Wildman–Crippen MR) is 89.1 cm³/mol. The number of nitrogens with zero attached hydrogens (tertiary/aromatic N) is 2. The Hall–Kier alpha value is -1.48.